The molecule has 1 aromatic heterocycles. The Balaban J connectivity index is 2.20. The number of likely N-dealkylation sites (N-methyl/N-ethyl adjacent to an activating group) is 1. The molecule has 0 bridgehead atoms. The highest BCUT2D eigenvalue weighted by Crippen LogP contribution is 2.13. The Bertz CT molecular complexity index is 262. The lowest BCUT2D eigenvalue weighted by atomic mass is 10.3. The van der Waals surface area contributed by atoms with Gasteiger partial charge in [0.2, 0.25) is 0 Å². The van der Waals surface area contributed by atoms with Crippen molar-refractivity contribution in [3.63, 3.8) is 0 Å². The topological polar surface area (TPSA) is 37.2 Å². The maximum Gasteiger partial charge on any atom is 0.169 e. The molecule has 1 rings (SSSR count). The van der Waals surface area contributed by atoms with Gasteiger partial charge in [-0.25, -0.2) is 0 Å². The fraction of sp³-hybridized carbons (Fsp3) is 0.600. The molecule has 0 aliphatic rings. The van der Waals surface area contributed by atoms with Crippen LogP contribution in [0.15, 0.2) is 21.2 Å². The molecule has 0 saturated carbocycles. The Morgan fingerprint density at radius 1 is 1.50 bits per heavy atom. The molecular weight excluding hydrogens is 244 g/mol. The minimum Gasteiger partial charge on any atom is -0.453 e. The lowest BCUT2D eigenvalue weighted by molar-refractivity contribution is 0.434. The molecule has 80 valence electrons. The number of halogens is 1. The Morgan fingerprint density at radius 2 is 2.29 bits per heavy atom. The summed E-state index contributed by atoms with van der Waals surface area (Å²) in [7, 11) is 0. The lowest BCUT2D eigenvalue weighted by Gasteiger charge is -2.12. The van der Waals surface area contributed by atoms with Crippen molar-refractivity contribution < 1.29 is 4.42 Å². The van der Waals surface area contributed by atoms with Gasteiger partial charge in [-0.05, 0) is 41.5 Å². The van der Waals surface area contributed by atoms with Crippen LogP contribution < -0.4 is 10.6 Å². The van der Waals surface area contributed by atoms with Gasteiger partial charge >= 0.3 is 0 Å². The van der Waals surface area contributed by atoms with E-state index in [1.165, 1.54) is 0 Å². The normalized spacial score (nSPS) is 13.1. The predicted molar refractivity (Wildman–Crippen MR) is 61.3 cm³/mol. The van der Waals surface area contributed by atoms with Crippen molar-refractivity contribution >= 4 is 15.9 Å². The fourth-order valence-corrected chi connectivity index (χ4v) is 1.49. The van der Waals surface area contributed by atoms with Crippen molar-refractivity contribution in [2.75, 3.05) is 13.1 Å². The quantitative estimate of drug-likeness (QED) is 0.823. The highest BCUT2D eigenvalue weighted by atomic mass is 79.9. The van der Waals surface area contributed by atoms with E-state index in [1.807, 2.05) is 12.1 Å². The molecule has 0 amide bonds. The second kappa shape index (κ2) is 6.22. The van der Waals surface area contributed by atoms with Crippen LogP contribution in [0.25, 0.3) is 0 Å². The van der Waals surface area contributed by atoms with Crippen LogP contribution >= 0.6 is 15.9 Å². The molecule has 3 nitrogen and oxygen atoms in total. The van der Waals surface area contributed by atoms with Gasteiger partial charge in [-0.1, -0.05) is 6.92 Å². The Labute approximate surface area is 93.4 Å². The SMILES string of the molecule is CCNCC(C)NCc1ccc(Br)o1. The Morgan fingerprint density at radius 3 is 2.86 bits per heavy atom. The predicted octanol–water partition coefficient (Wildman–Crippen LogP) is 2.13. The number of hydrogen-bond acceptors (Lipinski definition) is 3. The maximum atomic E-state index is 5.37. The molecule has 0 radical (unpaired) electrons. The molecule has 0 aliphatic carbocycles. The number of furan rings is 1. The zero-order valence-electron chi connectivity index (χ0n) is 8.64. The van der Waals surface area contributed by atoms with Crippen LogP contribution in [0.1, 0.15) is 19.6 Å². The van der Waals surface area contributed by atoms with Gasteiger partial charge in [-0.15, -0.1) is 0 Å². The molecular formula is C10H17BrN2O. The van der Waals surface area contributed by atoms with Gasteiger partial charge in [0.25, 0.3) is 0 Å². The molecule has 0 aromatic carbocycles. The third-order valence-electron chi connectivity index (χ3n) is 1.95. The van der Waals surface area contributed by atoms with E-state index in [2.05, 4.69) is 40.4 Å². The third kappa shape index (κ3) is 4.26. The highest BCUT2D eigenvalue weighted by Gasteiger charge is 2.02. The number of nitrogens with one attached hydrogen (secondary N) is 2. The van der Waals surface area contributed by atoms with E-state index in [0.29, 0.717) is 6.04 Å². The molecule has 1 aromatic rings. The largest absolute Gasteiger partial charge is 0.453 e. The summed E-state index contributed by atoms with van der Waals surface area (Å²) >= 11 is 3.27. The second-order valence-corrected chi connectivity index (χ2v) is 4.08. The van der Waals surface area contributed by atoms with Crippen LogP contribution in [0.2, 0.25) is 0 Å². The van der Waals surface area contributed by atoms with Crippen LogP contribution in [0.4, 0.5) is 0 Å². The molecule has 0 aliphatic heterocycles. The summed E-state index contributed by atoms with van der Waals surface area (Å²) in [4.78, 5) is 0. The molecule has 4 heteroatoms. The molecule has 0 spiro atoms. The van der Waals surface area contributed by atoms with Gasteiger partial charge in [0.05, 0.1) is 6.54 Å². The van der Waals surface area contributed by atoms with Crippen LogP contribution in [-0.2, 0) is 6.54 Å². The van der Waals surface area contributed by atoms with E-state index < -0.39 is 0 Å². The second-order valence-electron chi connectivity index (χ2n) is 3.30. The van der Waals surface area contributed by atoms with E-state index in [0.717, 1.165) is 30.1 Å². The average molecular weight is 261 g/mol. The standard InChI is InChI=1S/C10H17BrN2O/c1-3-12-6-8(2)13-7-9-4-5-10(11)14-9/h4-5,8,12-13H,3,6-7H2,1-2H3. The summed E-state index contributed by atoms with van der Waals surface area (Å²) in [5.74, 6) is 0.959. The van der Waals surface area contributed by atoms with Crippen molar-refractivity contribution in [2.24, 2.45) is 0 Å². The van der Waals surface area contributed by atoms with E-state index in [-0.39, 0.29) is 0 Å². The summed E-state index contributed by atoms with van der Waals surface area (Å²) < 4.78 is 6.16. The highest BCUT2D eigenvalue weighted by molar-refractivity contribution is 9.10. The summed E-state index contributed by atoms with van der Waals surface area (Å²) in [6.07, 6.45) is 0. The van der Waals surface area contributed by atoms with Crippen LogP contribution in [0, 0.1) is 0 Å². The lowest BCUT2D eigenvalue weighted by Crippen LogP contribution is -2.35. The van der Waals surface area contributed by atoms with Gasteiger partial charge in [-0.2, -0.15) is 0 Å². The van der Waals surface area contributed by atoms with Gasteiger partial charge < -0.3 is 15.1 Å². The Kier molecular flexibility index (Phi) is 5.22. The summed E-state index contributed by atoms with van der Waals surface area (Å²) in [5, 5.41) is 6.66. The summed E-state index contributed by atoms with van der Waals surface area (Å²) in [6.45, 7) is 7.03. The van der Waals surface area contributed by atoms with Crippen molar-refractivity contribution in [1.82, 2.24) is 10.6 Å². The van der Waals surface area contributed by atoms with E-state index in [1.54, 1.807) is 0 Å². The van der Waals surface area contributed by atoms with E-state index >= 15 is 0 Å². The van der Waals surface area contributed by atoms with Crippen LogP contribution in [0.5, 0.6) is 0 Å². The van der Waals surface area contributed by atoms with Crippen LogP contribution in [-0.4, -0.2) is 19.1 Å². The number of hydrogen-bond donors (Lipinski definition) is 2. The molecule has 1 unspecified atom stereocenters. The molecule has 1 atom stereocenters. The van der Waals surface area contributed by atoms with Gasteiger partial charge in [0.1, 0.15) is 5.76 Å². The molecule has 0 fully saturated rings. The minimum atomic E-state index is 0.457. The summed E-state index contributed by atoms with van der Waals surface area (Å²) in [6, 6.07) is 4.34. The van der Waals surface area contributed by atoms with Crippen LogP contribution in [0.3, 0.4) is 0 Å². The first-order chi connectivity index (χ1) is 6.72. The van der Waals surface area contributed by atoms with Crippen molar-refractivity contribution in [3.05, 3.63) is 22.6 Å². The zero-order chi connectivity index (χ0) is 10.4. The molecule has 2 N–H and O–H groups in total. The Hall–Kier alpha value is -0.320. The van der Waals surface area contributed by atoms with E-state index in [4.69, 9.17) is 4.42 Å². The fourth-order valence-electron chi connectivity index (χ4n) is 1.15. The van der Waals surface area contributed by atoms with Crippen molar-refractivity contribution in [1.29, 1.82) is 0 Å². The van der Waals surface area contributed by atoms with Gasteiger partial charge in [0, 0.05) is 12.6 Å². The first-order valence-electron chi connectivity index (χ1n) is 4.90. The van der Waals surface area contributed by atoms with Crippen molar-refractivity contribution in [2.45, 2.75) is 26.4 Å². The van der Waals surface area contributed by atoms with Gasteiger partial charge in [-0.3, -0.25) is 0 Å². The summed E-state index contributed by atoms with van der Waals surface area (Å²) in [5.41, 5.74) is 0. The molecule has 1 heterocycles. The number of rotatable bonds is 6. The monoisotopic (exact) mass is 260 g/mol. The third-order valence-corrected chi connectivity index (χ3v) is 2.38. The molecule has 0 saturated heterocycles. The average Bonchev–Trinajstić information content (AvgIpc) is 2.58. The first kappa shape index (κ1) is 11.8. The minimum absolute atomic E-state index is 0.457. The maximum absolute atomic E-state index is 5.37. The zero-order valence-corrected chi connectivity index (χ0v) is 10.2. The first-order valence-corrected chi connectivity index (χ1v) is 5.70. The van der Waals surface area contributed by atoms with Crippen molar-refractivity contribution in [3.8, 4) is 0 Å². The molecule has 14 heavy (non-hydrogen) atoms. The van der Waals surface area contributed by atoms with Gasteiger partial charge in [0.15, 0.2) is 4.67 Å². The van der Waals surface area contributed by atoms with E-state index in [9.17, 15) is 0 Å². The smallest absolute Gasteiger partial charge is 0.169 e.